The molecule has 0 unspecified atom stereocenters. The molecule has 0 aliphatic heterocycles. The van der Waals surface area contributed by atoms with Crippen molar-refractivity contribution in [1.29, 1.82) is 0 Å². The van der Waals surface area contributed by atoms with Crippen molar-refractivity contribution >= 4 is 17.3 Å². The van der Waals surface area contributed by atoms with E-state index in [1.54, 1.807) is 0 Å². The molecule has 0 atom stereocenters. The molecule has 0 aliphatic rings. The number of rotatable bonds is 3. The second-order valence-corrected chi connectivity index (χ2v) is 4.44. The van der Waals surface area contributed by atoms with Gasteiger partial charge in [0.25, 0.3) is 0 Å². The molecule has 2 rings (SSSR count). The summed E-state index contributed by atoms with van der Waals surface area (Å²) in [5.74, 6) is 0.774. The molecule has 4 nitrogen and oxygen atoms in total. The molecule has 0 aliphatic carbocycles. The molecule has 0 bridgehead atoms. The first-order chi connectivity index (χ1) is 8.06. The number of aromatic amines is 1. The van der Waals surface area contributed by atoms with Crippen LogP contribution in [0.5, 0.6) is 0 Å². The van der Waals surface area contributed by atoms with E-state index < -0.39 is 0 Å². The Morgan fingerprint density at radius 2 is 2.00 bits per heavy atom. The van der Waals surface area contributed by atoms with Crippen LogP contribution in [0.2, 0.25) is 0 Å². The minimum Gasteiger partial charge on any atom is -0.377 e. The van der Waals surface area contributed by atoms with Gasteiger partial charge < -0.3 is 15.2 Å². The van der Waals surface area contributed by atoms with E-state index >= 15 is 0 Å². The zero-order valence-corrected chi connectivity index (χ0v) is 10.7. The van der Waals surface area contributed by atoms with Crippen molar-refractivity contribution in [3.05, 3.63) is 35.7 Å². The van der Waals surface area contributed by atoms with Crippen LogP contribution in [0.25, 0.3) is 0 Å². The quantitative estimate of drug-likeness (QED) is 0.852. The van der Waals surface area contributed by atoms with Gasteiger partial charge in [-0.05, 0) is 31.5 Å². The predicted octanol–water partition coefficient (Wildman–Crippen LogP) is 2.84. The number of aromatic nitrogens is 2. The second-order valence-electron chi connectivity index (χ2n) is 4.44. The van der Waals surface area contributed by atoms with Gasteiger partial charge in [0, 0.05) is 37.4 Å². The lowest BCUT2D eigenvalue weighted by Crippen LogP contribution is -2.10. The zero-order chi connectivity index (χ0) is 12.4. The van der Waals surface area contributed by atoms with Crippen LogP contribution < -0.4 is 10.2 Å². The average Bonchev–Trinajstić information content (AvgIpc) is 2.66. The molecule has 1 heterocycles. The van der Waals surface area contributed by atoms with Crippen LogP contribution in [0.3, 0.4) is 0 Å². The Morgan fingerprint density at radius 1 is 1.24 bits per heavy atom. The van der Waals surface area contributed by atoms with Crippen LogP contribution in [0, 0.1) is 13.8 Å². The summed E-state index contributed by atoms with van der Waals surface area (Å²) in [5.41, 5.74) is 4.55. The molecule has 4 heteroatoms. The van der Waals surface area contributed by atoms with Crippen LogP contribution in [0.4, 0.5) is 17.3 Å². The van der Waals surface area contributed by atoms with Gasteiger partial charge in [-0.3, -0.25) is 0 Å². The molecule has 0 saturated carbocycles. The van der Waals surface area contributed by atoms with Crippen molar-refractivity contribution in [2.75, 3.05) is 24.3 Å². The molecule has 0 spiro atoms. The number of H-pyrrole nitrogens is 1. The number of nitrogens with one attached hydrogen (secondary N) is 2. The van der Waals surface area contributed by atoms with Gasteiger partial charge in [0.2, 0.25) is 5.95 Å². The normalized spacial score (nSPS) is 10.4. The number of aryl methyl sites for hydroxylation is 2. The number of anilines is 3. The summed E-state index contributed by atoms with van der Waals surface area (Å²) < 4.78 is 0. The molecule has 0 saturated heterocycles. The molecule has 17 heavy (non-hydrogen) atoms. The third-order valence-electron chi connectivity index (χ3n) is 2.66. The Hall–Kier alpha value is -1.97. The van der Waals surface area contributed by atoms with Gasteiger partial charge >= 0.3 is 0 Å². The highest BCUT2D eigenvalue weighted by molar-refractivity contribution is 5.64. The molecule has 0 amide bonds. The van der Waals surface area contributed by atoms with Crippen molar-refractivity contribution in [1.82, 2.24) is 9.97 Å². The van der Waals surface area contributed by atoms with Gasteiger partial charge in [0.05, 0.1) is 0 Å². The molecule has 90 valence electrons. The third-order valence-corrected chi connectivity index (χ3v) is 2.66. The largest absolute Gasteiger partial charge is 0.377 e. The summed E-state index contributed by atoms with van der Waals surface area (Å²) in [6.07, 6.45) is 1.81. The molecule has 2 aromatic rings. The number of hydrogen-bond acceptors (Lipinski definition) is 3. The van der Waals surface area contributed by atoms with Gasteiger partial charge in [-0.15, -0.1) is 0 Å². The van der Waals surface area contributed by atoms with Crippen molar-refractivity contribution < 1.29 is 0 Å². The van der Waals surface area contributed by atoms with Crippen LogP contribution in [-0.4, -0.2) is 24.1 Å². The molecule has 0 radical (unpaired) electrons. The smallest absolute Gasteiger partial charge is 0.204 e. The molecule has 1 aromatic heterocycles. The highest BCUT2D eigenvalue weighted by Gasteiger charge is 2.03. The standard InChI is InChI=1S/C13H18N4/c1-9-5-6-11(7-12(9)17(3)4)16-13-14-8-10(2)15-13/h5-8H,1-4H3,(H2,14,15,16). The molecular weight excluding hydrogens is 212 g/mol. The Bertz CT molecular complexity index is 514. The van der Waals surface area contributed by atoms with E-state index in [9.17, 15) is 0 Å². The second kappa shape index (κ2) is 4.49. The highest BCUT2D eigenvalue weighted by Crippen LogP contribution is 2.24. The summed E-state index contributed by atoms with van der Waals surface area (Å²) in [6.45, 7) is 4.09. The van der Waals surface area contributed by atoms with Crippen molar-refractivity contribution in [3.8, 4) is 0 Å². The lowest BCUT2D eigenvalue weighted by molar-refractivity contribution is 1.11. The maximum absolute atomic E-state index is 4.23. The fraction of sp³-hybridized carbons (Fsp3) is 0.308. The highest BCUT2D eigenvalue weighted by atomic mass is 15.1. The van der Waals surface area contributed by atoms with Crippen LogP contribution in [-0.2, 0) is 0 Å². The number of hydrogen-bond donors (Lipinski definition) is 2. The van der Waals surface area contributed by atoms with Crippen molar-refractivity contribution in [2.45, 2.75) is 13.8 Å². The minimum absolute atomic E-state index is 0.774. The number of nitrogens with zero attached hydrogens (tertiary/aromatic N) is 2. The van der Waals surface area contributed by atoms with Gasteiger partial charge in [-0.2, -0.15) is 0 Å². The first-order valence-corrected chi connectivity index (χ1v) is 5.63. The van der Waals surface area contributed by atoms with Crippen molar-refractivity contribution in [3.63, 3.8) is 0 Å². The van der Waals surface area contributed by atoms with E-state index in [2.05, 4.69) is 45.3 Å². The van der Waals surface area contributed by atoms with Crippen LogP contribution in [0.15, 0.2) is 24.4 Å². The fourth-order valence-corrected chi connectivity index (χ4v) is 1.78. The first kappa shape index (κ1) is 11.5. The summed E-state index contributed by atoms with van der Waals surface area (Å²) in [5, 5.41) is 3.25. The van der Waals surface area contributed by atoms with E-state index in [4.69, 9.17) is 0 Å². The monoisotopic (exact) mass is 230 g/mol. The van der Waals surface area contributed by atoms with Crippen molar-refractivity contribution in [2.24, 2.45) is 0 Å². The lowest BCUT2D eigenvalue weighted by atomic mass is 10.1. The average molecular weight is 230 g/mol. The summed E-state index contributed by atoms with van der Waals surface area (Å²) in [6, 6.07) is 6.28. The molecule has 2 N–H and O–H groups in total. The minimum atomic E-state index is 0.774. The van der Waals surface area contributed by atoms with E-state index in [0.717, 1.165) is 17.3 Å². The Kier molecular flexibility index (Phi) is 3.04. The van der Waals surface area contributed by atoms with Gasteiger partial charge in [-0.25, -0.2) is 4.98 Å². The fourth-order valence-electron chi connectivity index (χ4n) is 1.78. The Balaban J connectivity index is 2.25. The van der Waals surface area contributed by atoms with Crippen LogP contribution >= 0.6 is 0 Å². The Morgan fingerprint density at radius 3 is 2.59 bits per heavy atom. The lowest BCUT2D eigenvalue weighted by Gasteiger charge is -2.17. The Labute approximate surface area is 102 Å². The predicted molar refractivity (Wildman–Crippen MR) is 72.1 cm³/mol. The van der Waals surface area contributed by atoms with Crippen LogP contribution in [0.1, 0.15) is 11.3 Å². The van der Waals surface area contributed by atoms with Gasteiger partial charge in [0.15, 0.2) is 0 Å². The van der Waals surface area contributed by atoms with E-state index in [1.807, 2.05) is 27.2 Å². The first-order valence-electron chi connectivity index (χ1n) is 5.63. The van der Waals surface area contributed by atoms with Gasteiger partial charge in [-0.1, -0.05) is 6.07 Å². The topological polar surface area (TPSA) is 44.0 Å². The maximum Gasteiger partial charge on any atom is 0.204 e. The maximum atomic E-state index is 4.23. The SMILES string of the molecule is Cc1cnc(Nc2ccc(C)c(N(C)C)c2)[nH]1. The molecular formula is C13H18N4. The van der Waals surface area contributed by atoms with E-state index in [0.29, 0.717) is 0 Å². The summed E-state index contributed by atoms with van der Waals surface area (Å²) in [4.78, 5) is 9.48. The number of benzene rings is 1. The van der Waals surface area contributed by atoms with E-state index in [-0.39, 0.29) is 0 Å². The van der Waals surface area contributed by atoms with Gasteiger partial charge in [0.1, 0.15) is 0 Å². The third kappa shape index (κ3) is 2.58. The molecule has 0 fully saturated rings. The van der Waals surface area contributed by atoms with E-state index in [1.165, 1.54) is 11.3 Å². The molecule has 1 aromatic carbocycles. The summed E-state index contributed by atoms with van der Waals surface area (Å²) >= 11 is 0. The number of imidazole rings is 1. The zero-order valence-electron chi connectivity index (χ0n) is 10.7. The summed E-state index contributed by atoms with van der Waals surface area (Å²) in [7, 11) is 4.09.